The molecule has 0 bridgehead atoms. The van der Waals surface area contributed by atoms with Crippen molar-refractivity contribution in [2.45, 2.75) is 38.8 Å². The van der Waals surface area contributed by atoms with Gasteiger partial charge >= 0.3 is 0 Å². The van der Waals surface area contributed by atoms with Crippen LogP contribution < -0.4 is 5.73 Å². The fraction of sp³-hybridized carbons (Fsp3) is 0.538. The van der Waals surface area contributed by atoms with Crippen molar-refractivity contribution in [3.8, 4) is 0 Å². The molecule has 0 heterocycles. The predicted molar refractivity (Wildman–Crippen MR) is 69.6 cm³/mol. The molecule has 1 saturated carbocycles. The van der Waals surface area contributed by atoms with Crippen molar-refractivity contribution < 1.29 is 0 Å². The minimum atomic E-state index is 0.775. The number of benzene rings is 1. The van der Waals surface area contributed by atoms with E-state index in [2.05, 4.69) is 11.8 Å². The largest absolute Gasteiger partial charge is 0.399 e. The van der Waals surface area contributed by atoms with Crippen LogP contribution in [0.2, 0.25) is 5.02 Å². The number of nitrogen functional groups attached to an aromatic ring is 1. The summed E-state index contributed by atoms with van der Waals surface area (Å²) < 4.78 is 0. The summed E-state index contributed by atoms with van der Waals surface area (Å²) in [5.41, 5.74) is 7.74. The normalized spacial score (nSPS) is 15.7. The lowest BCUT2D eigenvalue weighted by Gasteiger charge is -2.22. The van der Waals surface area contributed by atoms with E-state index in [9.17, 15) is 0 Å². The van der Waals surface area contributed by atoms with Gasteiger partial charge in [0, 0.05) is 23.3 Å². The first kappa shape index (κ1) is 11.7. The SMILES string of the molecule is CCCN(Cc1cc(N)ccc1Cl)C1CC1. The summed E-state index contributed by atoms with van der Waals surface area (Å²) in [5.74, 6) is 0. The molecule has 1 aliphatic carbocycles. The van der Waals surface area contributed by atoms with Crippen LogP contribution in [0.5, 0.6) is 0 Å². The van der Waals surface area contributed by atoms with Crippen LogP contribution in [0.3, 0.4) is 0 Å². The van der Waals surface area contributed by atoms with Gasteiger partial charge in [-0.05, 0) is 49.6 Å². The monoisotopic (exact) mass is 238 g/mol. The second-order valence-electron chi connectivity index (χ2n) is 4.55. The van der Waals surface area contributed by atoms with Gasteiger partial charge in [0.25, 0.3) is 0 Å². The molecule has 2 rings (SSSR count). The Bertz CT molecular complexity index is 361. The highest BCUT2D eigenvalue weighted by atomic mass is 35.5. The fourth-order valence-corrected chi connectivity index (χ4v) is 2.23. The highest BCUT2D eigenvalue weighted by molar-refractivity contribution is 6.31. The Hall–Kier alpha value is -0.730. The number of rotatable bonds is 5. The van der Waals surface area contributed by atoms with E-state index in [4.69, 9.17) is 17.3 Å². The Morgan fingerprint density at radius 2 is 2.19 bits per heavy atom. The van der Waals surface area contributed by atoms with Gasteiger partial charge in [-0.25, -0.2) is 0 Å². The Morgan fingerprint density at radius 3 is 2.81 bits per heavy atom. The van der Waals surface area contributed by atoms with E-state index in [1.807, 2.05) is 18.2 Å². The number of nitrogens with two attached hydrogens (primary N) is 1. The highest BCUT2D eigenvalue weighted by Gasteiger charge is 2.28. The minimum Gasteiger partial charge on any atom is -0.399 e. The van der Waals surface area contributed by atoms with Crippen molar-refractivity contribution in [3.05, 3.63) is 28.8 Å². The van der Waals surface area contributed by atoms with E-state index in [-0.39, 0.29) is 0 Å². The molecule has 1 aliphatic rings. The molecule has 2 nitrogen and oxygen atoms in total. The molecule has 2 N–H and O–H groups in total. The summed E-state index contributed by atoms with van der Waals surface area (Å²) in [4.78, 5) is 2.51. The average molecular weight is 239 g/mol. The smallest absolute Gasteiger partial charge is 0.0452 e. The van der Waals surface area contributed by atoms with Gasteiger partial charge in [-0.1, -0.05) is 18.5 Å². The summed E-state index contributed by atoms with van der Waals surface area (Å²) in [6, 6.07) is 6.52. The summed E-state index contributed by atoms with van der Waals surface area (Å²) in [6.07, 6.45) is 3.86. The molecule has 0 aromatic heterocycles. The van der Waals surface area contributed by atoms with Gasteiger partial charge in [0.15, 0.2) is 0 Å². The molecule has 1 aromatic rings. The van der Waals surface area contributed by atoms with Crippen LogP contribution in [-0.4, -0.2) is 17.5 Å². The lowest BCUT2D eigenvalue weighted by atomic mass is 10.2. The van der Waals surface area contributed by atoms with Gasteiger partial charge < -0.3 is 5.73 Å². The van der Waals surface area contributed by atoms with Crippen LogP contribution in [0.25, 0.3) is 0 Å². The Morgan fingerprint density at radius 1 is 1.44 bits per heavy atom. The molecule has 88 valence electrons. The summed E-state index contributed by atoms with van der Waals surface area (Å²) in [7, 11) is 0. The zero-order valence-electron chi connectivity index (χ0n) is 9.75. The van der Waals surface area contributed by atoms with Gasteiger partial charge in [0.05, 0.1) is 0 Å². The zero-order chi connectivity index (χ0) is 11.5. The van der Waals surface area contributed by atoms with Gasteiger partial charge in [0.1, 0.15) is 0 Å². The topological polar surface area (TPSA) is 29.3 Å². The third-order valence-corrected chi connectivity index (χ3v) is 3.39. The fourth-order valence-electron chi connectivity index (χ4n) is 2.05. The zero-order valence-corrected chi connectivity index (χ0v) is 10.5. The van der Waals surface area contributed by atoms with Gasteiger partial charge in [-0.15, -0.1) is 0 Å². The van der Waals surface area contributed by atoms with Crippen molar-refractivity contribution in [3.63, 3.8) is 0 Å². The van der Waals surface area contributed by atoms with Crippen LogP contribution in [0.15, 0.2) is 18.2 Å². The molecule has 16 heavy (non-hydrogen) atoms. The lowest BCUT2D eigenvalue weighted by molar-refractivity contribution is 0.255. The minimum absolute atomic E-state index is 0.775. The first-order valence-corrected chi connectivity index (χ1v) is 6.36. The van der Waals surface area contributed by atoms with E-state index in [0.717, 1.165) is 35.4 Å². The van der Waals surface area contributed by atoms with Crippen LogP contribution in [-0.2, 0) is 6.54 Å². The number of hydrogen-bond acceptors (Lipinski definition) is 2. The third kappa shape index (κ3) is 2.89. The number of anilines is 1. The molecular weight excluding hydrogens is 220 g/mol. The van der Waals surface area contributed by atoms with Crippen molar-refractivity contribution in [1.29, 1.82) is 0 Å². The molecular formula is C13H19ClN2. The van der Waals surface area contributed by atoms with E-state index in [0.29, 0.717) is 0 Å². The molecule has 0 saturated heterocycles. The maximum atomic E-state index is 6.18. The molecule has 0 aliphatic heterocycles. The standard InChI is InChI=1S/C13H19ClN2/c1-2-7-16(12-4-5-12)9-10-8-11(15)3-6-13(10)14/h3,6,8,12H,2,4-5,7,9,15H2,1H3. The van der Waals surface area contributed by atoms with Crippen LogP contribution in [0.4, 0.5) is 5.69 Å². The number of nitrogens with zero attached hydrogens (tertiary/aromatic N) is 1. The van der Waals surface area contributed by atoms with E-state index >= 15 is 0 Å². The van der Waals surface area contributed by atoms with Gasteiger partial charge in [-0.2, -0.15) is 0 Å². The first-order valence-electron chi connectivity index (χ1n) is 5.98. The van der Waals surface area contributed by atoms with Crippen LogP contribution in [0.1, 0.15) is 31.7 Å². The highest BCUT2D eigenvalue weighted by Crippen LogP contribution is 2.30. The van der Waals surface area contributed by atoms with Crippen LogP contribution >= 0.6 is 11.6 Å². The molecule has 0 unspecified atom stereocenters. The number of hydrogen-bond donors (Lipinski definition) is 1. The summed E-state index contributed by atoms with van der Waals surface area (Å²) >= 11 is 6.18. The predicted octanol–water partition coefficient (Wildman–Crippen LogP) is 3.30. The third-order valence-electron chi connectivity index (χ3n) is 3.02. The van der Waals surface area contributed by atoms with Gasteiger partial charge in [-0.3, -0.25) is 4.90 Å². The molecule has 1 aromatic carbocycles. The maximum absolute atomic E-state index is 6.18. The molecule has 3 heteroatoms. The summed E-state index contributed by atoms with van der Waals surface area (Å²) in [6.45, 7) is 4.30. The maximum Gasteiger partial charge on any atom is 0.0452 e. The quantitative estimate of drug-likeness (QED) is 0.798. The summed E-state index contributed by atoms with van der Waals surface area (Å²) in [5, 5.41) is 0.830. The average Bonchev–Trinajstić information content (AvgIpc) is 3.06. The Labute approximate surface area is 102 Å². The van der Waals surface area contributed by atoms with E-state index in [1.165, 1.54) is 19.3 Å². The second-order valence-corrected chi connectivity index (χ2v) is 4.96. The molecule has 0 spiro atoms. The van der Waals surface area contributed by atoms with Crippen LogP contribution in [0, 0.1) is 0 Å². The Kier molecular flexibility index (Phi) is 3.72. The van der Waals surface area contributed by atoms with E-state index < -0.39 is 0 Å². The molecule has 0 amide bonds. The Balaban J connectivity index is 2.08. The van der Waals surface area contributed by atoms with Crippen molar-refractivity contribution >= 4 is 17.3 Å². The number of halogens is 1. The van der Waals surface area contributed by atoms with Crippen molar-refractivity contribution in [2.24, 2.45) is 0 Å². The van der Waals surface area contributed by atoms with E-state index in [1.54, 1.807) is 0 Å². The molecule has 0 atom stereocenters. The van der Waals surface area contributed by atoms with Gasteiger partial charge in [0.2, 0.25) is 0 Å². The lowest BCUT2D eigenvalue weighted by Crippen LogP contribution is -2.26. The molecule has 1 fully saturated rings. The second kappa shape index (κ2) is 5.07. The van der Waals surface area contributed by atoms with Crippen molar-refractivity contribution in [2.75, 3.05) is 12.3 Å². The first-order chi connectivity index (χ1) is 7.70. The molecule has 0 radical (unpaired) electrons. The van der Waals surface area contributed by atoms with Crippen molar-refractivity contribution in [1.82, 2.24) is 4.90 Å².